The Morgan fingerprint density at radius 1 is 0.898 bits per heavy atom. The summed E-state index contributed by atoms with van der Waals surface area (Å²) < 4.78 is 35.4. The Hall–Kier alpha value is -1.23. The molecular weight excluding hydrogens is 640 g/mol. The average Bonchev–Trinajstić information content (AvgIpc) is 3.61. The number of rotatable bonds is 7. The van der Waals surface area contributed by atoms with Gasteiger partial charge in [0.25, 0.3) is 0 Å². The van der Waals surface area contributed by atoms with Crippen molar-refractivity contribution in [2.45, 2.75) is 158 Å². The van der Waals surface area contributed by atoms with Gasteiger partial charge in [0.2, 0.25) is 0 Å². The molecule has 0 aromatic carbocycles. The summed E-state index contributed by atoms with van der Waals surface area (Å²) in [6, 6.07) is 0. The van der Waals surface area contributed by atoms with Crippen molar-refractivity contribution in [1.29, 1.82) is 0 Å². The molecule has 13 heteroatoms. The highest BCUT2D eigenvalue weighted by molar-refractivity contribution is 5.85. The van der Waals surface area contributed by atoms with Gasteiger partial charge in [0, 0.05) is 31.4 Å². The van der Waals surface area contributed by atoms with E-state index in [9.17, 15) is 35.4 Å². The first-order valence-electron chi connectivity index (χ1n) is 18.3. The highest BCUT2D eigenvalue weighted by Gasteiger charge is 2.70. The number of esters is 1. The van der Waals surface area contributed by atoms with Crippen molar-refractivity contribution in [3.63, 3.8) is 0 Å². The number of aliphatic hydroxyl groups is 6. The summed E-state index contributed by atoms with van der Waals surface area (Å²) in [5, 5.41) is 65.4. The normalized spacial score (nSPS) is 54.4. The zero-order valence-corrected chi connectivity index (χ0v) is 29.1. The summed E-state index contributed by atoms with van der Waals surface area (Å²) in [6.45, 7) is 5.98. The Morgan fingerprint density at radius 3 is 2.33 bits per heavy atom. The molecule has 3 aliphatic heterocycles. The van der Waals surface area contributed by atoms with Crippen molar-refractivity contribution in [1.82, 2.24) is 0 Å². The molecular formula is C36H56O13. The van der Waals surface area contributed by atoms with Crippen LogP contribution in [0.2, 0.25) is 0 Å². The van der Waals surface area contributed by atoms with Gasteiger partial charge in [-0.2, -0.15) is 0 Å². The number of hydrogen-bond donors (Lipinski definition) is 6. The molecule has 0 aromatic heterocycles. The van der Waals surface area contributed by atoms with Gasteiger partial charge in [0.1, 0.15) is 37.1 Å². The summed E-state index contributed by atoms with van der Waals surface area (Å²) in [5.74, 6) is 0.0783. The minimum Gasteiger partial charge on any atom is -0.458 e. The summed E-state index contributed by atoms with van der Waals surface area (Å²) in [5.41, 5.74) is -1.52. The van der Waals surface area contributed by atoms with Crippen molar-refractivity contribution in [3.05, 3.63) is 11.6 Å². The zero-order chi connectivity index (χ0) is 35.1. The molecule has 6 N–H and O–H groups in total. The maximum Gasteiger partial charge on any atom is 0.331 e. The van der Waals surface area contributed by atoms with Gasteiger partial charge in [-0.1, -0.05) is 13.8 Å². The predicted octanol–water partition coefficient (Wildman–Crippen LogP) is 1.08. The van der Waals surface area contributed by atoms with Crippen molar-refractivity contribution in [2.75, 3.05) is 20.3 Å². The first-order chi connectivity index (χ1) is 23.2. The molecule has 7 aliphatic rings. The topological polar surface area (TPSA) is 194 Å². The highest BCUT2D eigenvalue weighted by Crippen LogP contribution is 2.70. The van der Waals surface area contributed by atoms with Crippen LogP contribution >= 0.6 is 0 Å². The number of carbonyl (C=O) groups excluding carboxylic acids is 1. The van der Waals surface area contributed by atoms with Gasteiger partial charge < -0.3 is 59.1 Å². The van der Waals surface area contributed by atoms with Crippen LogP contribution in [0.5, 0.6) is 0 Å². The van der Waals surface area contributed by atoms with E-state index < -0.39 is 73.1 Å². The largest absolute Gasteiger partial charge is 0.458 e. The third kappa shape index (κ3) is 5.65. The van der Waals surface area contributed by atoms with Gasteiger partial charge in [-0.25, -0.2) is 4.79 Å². The summed E-state index contributed by atoms with van der Waals surface area (Å²) in [7, 11) is 1.55. The zero-order valence-electron chi connectivity index (χ0n) is 29.1. The van der Waals surface area contributed by atoms with Gasteiger partial charge in [-0.3, -0.25) is 0 Å². The molecule has 0 bridgehead atoms. The van der Waals surface area contributed by atoms with Crippen LogP contribution in [0.1, 0.15) is 85.0 Å². The van der Waals surface area contributed by atoms with Gasteiger partial charge in [-0.15, -0.1) is 0 Å². The quantitative estimate of drug-likeness (QED) is 0.164. The van der Waals surface area contributed by atoms with E-state index >= 15 is 0 Å². The second-order valence-electron chi connectivity index (χ2n) is 16.6. The molecule has 4 aliphatic carbocycles. The maximum atomic E-state index is 12.5. The lowest BCUT2D eigenvalue weighted by atomic mass is 9.42. The van der Waals surface area contributed by atoms with Crippen LogP contribution in [0.4, 0.5) is 0 Å². The van der Waals surface area contributed by atoms with E-state index in [0.29, 0.717) is 32.3 Å². The van der Waals surface area contributed by atoms with E-state index in [0.717, 1.165) is 44.1 Å². The number of fused-ring (bicyclic) bond motifs is 5. The van der Waals surface area contributed by atoms with Crippen molar-refractivity contribution in [3.8, 4) is 0 Å². The Labute approximate surface area is 287 Å². The molecule has 7 rings (SSSR count). The summed E-state index contributed by atoms with van der Waals surface area (Å²) in [4.78, 5) is 11.9. The van der Waals surface area contributed by atoms with Crippen LogP contribution in [-0.4, -0.2) is 130 Å². The molecule has 0 radical (unpaired) electrons. The first kappa shape index (κ1) is 36.1. The first-order valence-corrected chi connectivity index (χ1v) is 18.3. The molecule has 3 heterocycles. The fourth-order valence-corrected chi connectivity index (χ4v) is 11.5. The molecule has 13 nitrogen and oxygen atoms in total. The lowest BCUT2D eigenvalue weighted by Crippen LogP contribution is -2.67. The number of hydrogen-bond acceptors (Lipinski definition) is 13. The second-order valence-corrected chi connectivity index (χ2v) is 16.6. The second kappa shape index (κ2) is 13.0. The molecule has 0 unspecified atom stereocenters. The molecule has 4 saturated carbocycles. The lowest BCUT2D eigenvalue weighted by molar-refractivity contribution is -0.347. The maximum absolute atomic E-state index is 12.5. The Morgan fingerprint density at radius 2 is 1.63 bits per heavy atom. The Bertz CT molecular complexity index is 1280. The van der Waals surface area contributed by atoms with E-state index in [-0.39, 0.29) is 40.7 Å². The molecule has 17 atom stereocenters. The van der Waals surface area contributed by atoms with Gasteiger partial charge in [-0.05, 0) is 87.0 Å². The average molecular weight is 697 g/mol. The number of methoxy groups -OCH3 is 1. The van der Waals surface area contributed by atoms with E-state index in [1.165, 1.54) is 0 Å². The summed E-state index contributed by atoms with van der Waals surface area (Å²) >= 11 is 0. The van der Waals surface area contributed by atoms with Crippen LogP contribution in [0.25, 0.3) is 0 Å². The van der Waals surface area contributed by atoms with Crippen molar-refractivity contribution in [2.24, 2.45) is 28.6 Å². The predicted molar refractivity (Wildman–Crippen MR) is 170 cm³/mol. The van der Waals surface area contributed by atoms with Crippen LogP contribution in [0.15, 0.2) is 11.6 Å². The monoisotopic (exact) mass is 696 g/mol. The molecule has 0 amide bonds. The van der Waals surface area contributed by atoms with Crippen molar-refractivity contribution >= 4 is 5.97 Å². The molecule has 0 spiro atoms. The third-order valence-corrected chi connectivity index (χ3v) is 14.5. The molecule has 278 valence electrons. The SMILES string of the molecule is CO[C@H]1C[C@H](O[C@H]2CC[C@]3(C)[C@@H]4CC[C@]5(C)[C@H](C6=CC(=O)OC6)CC[C@]5(O)[C@H]4CC[C@@]3(O)C2)O[C@@H](C)[C@H]1O[C@@H]1O[C@@H](CO)[C@H](O)[C@@H](O)[C@@H]1O. The molecule has 0 aromatic rings. The Kier molecular flexibility index (Phi) is 9.60. The molecule has 6 fully saturated rings. The number of cyclic esters (lactones) is 1. The van der Waals surface area contributed by atoms with Crippen LogP contribution < -0.4 is 0 Å². The van der Waals surface area contributed by atoms with Gasteiger partial charge in [0.05, 0.1) is 36.1 Å². The van der Waals surface area contributed by atoms with Crippen LogP contribution in [0, 0.1) is 28.6 Å². The fourth-order valence-electron chi connectivity index (χ4n) is 11.5. The number of carbonyl (C=O) groups is 1. The lowest BCUT2D eigenvalue weighted by Gasteiger charge is -2.66. The minimum atomic E-state index is -1.56. The standard InChI is InChI=1S/C36H56O13/c1-18-31(49-32-30(41)29(40)28(39)25(16-37)48-32)24(44-4)14-27(46-18)47-20-5-9-33(2)22-6-10-34(3)21(19-13-26(38)45-17-19)8-12-36(34,43)23(22)7-11-35(33,42)15-20/h13,18,20-25,27-32,37,39-43H,5-12,14-17H2,1-4H3/t18-,20-,21-,22+,23-,24-,25-,27-,28-,29+,30-,31+,32-,33+,34+,35+,36-/m0/s1. The van der Waals surface area contributed by atoms with E-state index in [1.54, 1.807) is 20.1 Å². The number of aliphatic hydroxyl groups excluding tert-OH is 4. The van der Waals surface area contributed by atoms with Crippen molar-refractivity contribution < 1.29 is 63.9 Å². The smallest absolute Gasteiger partial charge is 0.331 e. The van der Waals surface area contributed by atoms with Gasteiger partial charge >= 0.3 is 5.97 Å². The minimum absolute atomic E-state index is 0.0724. The van der Waals surface area contributed by atoms with E-state index in [4.69, 9.17) is 28.4 Å². The highest BCUT2D eigenvalue weighted by atomic mass is 16.7. The van der Waals surface area contributed by atoms with Gasteiger partial charge in [0.15, 0.2) is 12.6 Å². The summed E-state index contributed by atoms with van der Waals surface area (Å²) in [6.07, 6.45) is -1.10. The van der Waals surface area contributed by atoms with E-state index in [2.05, 4.69) is 13.8 Å². The Balaban J connectivity index is 0.994. The van der Waals surface area contributed by atoms with E-state index in [1.807, 2.05) is 0 Å². The molecule has 49 heavy (non-hydrogen) atoms. The van der Waals surface area contributed by atoms with Crippen LogP contribution in [-0.2, 0) is 33.2 Å². The molecule has 2 saturated heterocycles. The van der Waals surface area contributed by atoms with Crippen LogP contribution in [0.3, 0.4) is 0 Å². The number of ether oxygens (including phenoxy) is 6. The fraction of sp³-hybridized carbons (Fsp3) is 0.917. The third-order valence-electron chi connectivity index (χ3n) is 14.5.